The Balaban J connectivity index is 1.92. The normalized spacial score (nSPS) is 20.3. The van der Waals surface area contributed by atoms with E-state index in [1.165, 1.54) is 0 Å². The molecule has 1 saturated heterocycles. The standard InChI is InChI=1S/C13H14BrN3O/c14-10-4-3-6-16(9-10)13(18)11-8-15-17-7-2-1-5-12(11)17/h1-2,5,7-8,10H,3-4,6,9H2. The van der Waals surface area contributed by atoms with Crippen molar-refractivity contribution in [2.24, 2.45) is 0 Å². The van der Waals surface area contributed by atoms with Crippen LogP contribution in [0.4, 0.5) is 0 Å². The van der Waals surface area contributed by atoms with E-state index in [-0.39, 0.29) is 5.91 Å². The Morgan fingerprint density at radius 2 is 2.33 bits per heavy atom. The number of pyridine rings is 1. The van der Waals surface area contributed by atoms with Crippen molar-refractivity contribution >= 4 is 27.4 Å². The Bertz CT molecular complexity index is 580. The van der Waals surface area contributed by atoms with E-state index < -0.39 is 0 Å². The monoisotopic (exact) mass is 307 g/mol. The molecule has 0 spiro atoms. The number of nitrogens with zero attached hydrogens (tertiary/aromatic N) is 3. The largest absolute Gasteiger partial charge is 0.337 e. The van der Waals surface area contributed by atoms with E-state index in [0.717, 1.165) is 31.4 Å². The van der Waals surface area contributed by atoms with Crippen molar-refractivity contribution in [1.82, 2.24) is 14.5 Å². The first-order valence-electron chi connectivity index (χ1n) is 6.11. The van der Waals surface area contributed by atoms with Gasteiger partial charge in [-0.2, -0.15) is 5.10 Å². The third-order valence-corrected chi connectivity index (χ3v) is 4.06. The zero-order valence-electron chi connectivity index (χ0n) is 9.92. The first-order chi connectivity index (χ1) is 8.75. The van der Waals surface area contributed by atoms with Crippen molar-refractivity contribution < 1.29 is 4.79 Å². The zero-order chi connectivity index (χ0) is 12.5. The second-order valence-electron chi connectivity index (χ2n) is 4.58. The number of fused-ring (bicyclic) bond motifs is 1. The fraction of sp³-hybridized carbons (Fsp3) is 0.385. The van der Waals surface area contributed by atoms with Gasteiger partial charge in [0, 0.05) is 24.1 Å². The first kappa shape index (κ1) is 11.7. The molecule has 2 aromatic heterocycles. The van der Waals surface area contributed by atoms with Crippen LogP contribution in [0.15, 0.2) is 30.6 Å². The number of piperidine rings is 1. The summed E-state index contributed by atoms with van der Waals surface area (Å²) in [5, 5.41) is 4.21. The Morgan fingerprint density at radius 1 is 1.44 bits per heavy atom. The van der Waals surface area contributed by atoms with Gasteiger partial charge in [0.15, 0.2) is 0 Å². The van der Waals surface area contributed by atoms with Crippen LogP contribution >= 0.6 is 15.9 Å². The molecule has 1 amide bonds. The number of hydrogen-bond acceptors (Lipinski definition) is 2. The van der Waals surface area contributed by atoms with Crippen molar-refractivity contribution in [2.45, 2.75) is 17.7 Å². The minimum atomic E-state index is 0.0837. The molecule has 3 heterocycles. The Kier molecular flexibility index (Phi) is 3.07. The van der Waals surface area contributed by atoms with Crippen LogP contribution in [0, 0.1) is 0 Å². The van der Waals surface area contributed by atoms with Gasteiger partial charge in [-0.1, -0.05) is 22.0 Å². The number of likely N-dealkylation sites (tertiary alicyclic amines) is 1. The van der Waals surface area contributed by atoms with E-state index in [2.05, 4.69) is 21.0 Å². The summed E-state index contributed by atoms with van der Waals surface area (Å²) >= 11 is 3.60. The highest BCUT2D eigenvalue weighted by atomic mass is 79.9. The number of halogens is 1. The van der Waals surface area contributed by atoms with Crippen LogP contribution in [-0.2, 0) is 0 Å². The Labute approximate surface area is 114 Å². The molecular weight excluding hydrogens is 294 g/mol. The van der Waals surface area contributed by atoms with Gasteiger partial charge in [-0.15, -0.1) is 0 Å². The summed E-state index contributed by atoms with van der Waals surface area (Å²) in [6.45, 7) is 1.62. The molecule has 2 aromatic rings. The summed E-state index contributed by atoms with van der Waals surface area (Å²) in [4.78, 5) is 14.8. The SMILES string of the molecule is O=C(c1cnn2ccccc12)N1CCCC(Br)C1. The Hall–Kier alpha value is -1.36. The van der Waals surface area contributed by atoms with Crippen LogP contribution in [0.2, 0.25) is 0 Å². The van der Waals surface area contributed by atoms with Gasteiger partial charge in [0.05, 0.1) is 17.3 Å². The summed E-state index contributed by atoms with van der Waals surface area (Å²) in [5.41, 5.74) is 1.57. The topological polar surface area (TPSA) is 37.6 Å². The maximum absolute atomic E-state index is 12.5. The predicted octanol–water partition coefficient (Wildman–Crippen LogP) is 2.33. The Morgan fingerprint density at radius 3 is 3.17 bits per heavy atom. The van der Waals surface area contributed by atoms with Gasteiger partial charge in [0.1, 0.15) is 0 Å². The minimum Gasteiger partial charge on any atom is -0.337 e. The first-order valence-corrected chi connectivity index (χ1v) is 7.03. The van der Waals surface area contributed by atoms with Crippen molar-refractivity contribution in [3.05, 3.63) is 36.2 Å². The van der Waals surface area contributed by atoms with Crippen molar-refractivity contribution in [3.8, 4) is 0 Å². The number of alkyl halides is 1. The quantitative estimate of drug-likeness (QED) is 0.758. The molecule has 18 heavy (non-hydrogen) atoms. The van der Waals surface area contributed by atoms with Crippen LogP contribution in [0.1, 0.15) is 23.2 Å². The molecule has 0 bridgehead atoms. The minimum absolute atomic E-state index is 0.0837. The van der Waals surface area contributed by atoms with Gasteiger partial charge < -0.3 is 4.90 Å². The molecule has 1 unspecified atom stereocenters. The van der Waals surface area contributed by atoms with Gasteiger partial charge >= 0.3 is 0 Å². The van der Waals surface area contributed by atoms with E-state index in [9.17, 15) is 4.79 Å². The van der Waals surface area contributed by atoms with E-state index in [4.69, 9.17) is 0 Å². The van der Waals surface area contributed by atoms with E-state index in [0.29, 0.717) is 10.4 Å². The van der Waals surface area contributed by atoms with Crippen LogP contribution < -0.4 is 0 Å². The lowest BCUT2D eigenvalue weighted by molar-refractivity contribution is 0.0732. The molecular formula is C13H14BrN3O. The van der Waals surface area contributed by atoms with Gasteiger partial charge in [-0.05, 0) is 25.0 Å². The summed E-state index contributed by atoms with van der Waals surface area (Å²) in [7, 11) is 0. The van der Waals surface area contributed by atoms with Gasteiger partial charge in [-0.25, -0.2) is 4.52 Å². The number of carbonyl (C=O) groups excluding carboxylic acids is 1. The molecule has 1 fully saturated rings. The summed E-state index contributed by atoms with van der Waals surface area (Å²) < 4.78 is 1.74. The summed E-state index contributed by atoms with van der Waals surface area (Å²) in [6.07, 6.45) is 5.71. The molecule has 4 nitrogen and oxygen atoms in total. The lowest BCUT2D eigenvalue weighted by Crippen LogP contribution is -2.40. The molecule has 94 valence electrons. The number of hydrogen-bond donors (Lipinski definition) is 0. The number of amides is 1. The average molecular weight is 308 g/mol. The van der Waals surface area contributed by atoms with Gasteiger partial charge in [0.2, 0.25) is 0 Å². The van der Waals surface area contributed by atoms with Crippen LogP contribution in [0.3, 0.4) is 0 Å². The van der Waals surface area contributed by atoms with Crippen molar-refractivity contribution in [2.75, 3.05) is 13.1 Å². The summed E-state index contributed by atoms with van der Waals surface area (Å²) in [6, 6.07) is 5.76. The smallest absolute Gasteiger partial charge is 0.257 e. The third kappa shape index (κ3) is 2.03. The van der Waals surface area contributed by atoms with Crippen molar-refractivity contribution in [1.29, 1.82) is 0 Å². The molecule has 0 aliphatic carbocycles. The molecule has 0 N–H and O–H groups in total. The molecule has 0 saturated carbocycles. The second-order valence-corrected chi connectivity index (χ2v) is 5.87. The van der Waals surface area contributed by atoms with Crippen molar-refractivity contribution in [3.63, 3.8) is 0 Å². The molecule has 0 radical (unpaired) electrons. The fourth-order valence-electron chi connectivity index (χ4n) is 2.38. The van der Waals surface area contributed by atoms with Crippen LogP contribution in [-0.4, -0.2) is 38.3 Å². The third-order valence-electron chi connectivity index (χ3n) is 3.31. The highest BCUT2D eigenvalue weighted by molar-refractivity contribution is 9.09. The fourth-order valence-corrected chi connectivity index (χ4v) is 3.05. The molecule has 1 aliphatic rings. The highest BCUT2D eigenvalue weighted by Gasteiger charge is 2.24. The second kappa shape index (κ2) is 4.72. The number of rotatable bonds is 1. The molecule has 1 aliphatic heterocycles. The predicted molar refractivity (Wildman–Crippen MR) is 73.0 cm³/mol. The molecule has 3 rings (SSSR count). The lowest BCUT2D eigenvalue weighted by atomic mass is 10.1. The van der Waals surface area contributed by atoms with E-state index in [1.54, 1.807) is 10.7 Å². The maximum Gasteiger partial charge on any atom is 0.257 e. The highest BCUT2D eigenvalue weighted by Crippen LogP contribution is 2.20. The molecule has 0 aromatic carbocycles. The molecule has 5 heteroatoms. The van der Waals surface area contributed by atoms with E-state index in [1.807, 2.05) is 29.3 Å². The average Bonchev–Trinajstić information content (AvgIpc) is 2.82. The zero-order valence-corrected chi connectivity index (χ0v) is 11.5. The molecule has 1 atom stereocenters. The number of aromatic nitrogens is 2. The van der Waals surface area contributed by atoms with Gasteiger partial charge in [0.25, 0.3) is 5.91 Å². The van der Waals surface area contributed by atoms with Crippen LogP contribution in [0.5, 0.6) is 0 Å². The number of carbonyl (C=O) groups is 1. The van der Waals surface area contributed by atoms with Crippen LogP contribution in [0.25, 0.3) is 5.52 Å². The van der Waals surface area contributed by atoms with E-state index >= 15 is 0 Å². The maximum atomic E-state index is 12.5. The summed E-state index contributed by atoms with van der Waals surface area (Å²) in [5.74, 6) is 0.0837. The lowest BCUT2D eigenvalue weighted by Gasteiger charge is -2.29. The van der Waals surface area contributed by atoms with Gasteiger partial charge in [-0.3, -0.25) is 4.79 Å².